The smallest absolute Gasteiger partial charge is 0.326 e. The number of hydrogen-bond donors (Lipinski definition) is 10. The van der Waals surface area contributed by atoms with Gasteiger partial charge >= 0.3 is 5.97 Å². The Labute approximate surface area is 240 Å². The summed E-state index contributed by atoms with van der Waals surface area (Å²) in [6.07, 6.45) is 0.525. The average Bonchev–Trinajstić information content (AvgIpc) is 3.31. The molecule has 42 heavy (non-hydrogen) atoms. The maximum atomic E-state index is 13.4. The van der Waals surface area contributed by atoms with Crippen LogP contribution >= 0.6 is 0 Å². The summed E-state index contributed by atoms with van der Waals surface area (Å²) in [5.41, 5.74) is 28.0. The molecular weight excluding hydrogens is 552 g/mol. The highest BCUT2D eigenvalue weighted by molar-refractivity contribution is 5.97. The predicted octanol–water partition coefficient (Wildman–Crippen LogP) is -3.62. The summed E-state index contributed by atoms with van der Waals surface area (Å²) in [5, 5.41) is 17.4. The first-order valence-corrected chi connectivity index (χ1v) is 12.8. The summed E-state index contributed by atoms with van der Waals surface area (Å²) >= 11 is 0. The van der Waals surface area contributed by atoms with Crippen LogP contribution in [0.15, 0.2) is 35.5 Å². The normalized spacial score (nSPS) is 13.6. The first-order valence-electron chi connectivity index (χ1n) is 12.8. The van der Waals surface area contributed by atoms with Gasteiger partial charge in [-0.05, 0) is 24.5 Å². The number of amides is 5. The van der Waals surface area contributed by atoms with E-state index in [9.17, 15) is 33.9 Å². The number of nitrogens with two attached hydrogens (primary N) is 5. The van der Waals surface area contributed by atoms with Crippen molar-refractivity contribution in [3.8, 4) is 0 Å². The molecule has 4 atom stereocenters. The fraction of sp³-hybridized carbons (Fsp3) is 0.400. The third kappa shape index (κ3) is 10.4. The fourth-order valence-electron chi connectivity index (χ4n) is 4.03. The van der Waals surface area contributed by atoms with Crippen LogP contribution < -0.4 is 44.6 Å². The van der Waals surface area contributed by atoms with E-state index in [0.29, 0.717) is 5.56 Å². The number of fused-ring (bicyclic) bond motifs is 1. The maximum Gasteiger partial charge on any atom is 0.326 e. The number of carbonyl (C=O) groups is 6. The van der Waals surface area contributed by atoms with Crippen LogP contribution in [0.2, 0.25) is 0 Å². The molecule has 4 unspecified atom stereocenters. The van der Waals surface area contributed by atoms with Gasteiger partial charge in [0, 0.05) is 30.1 Å². The number of aliphatic carboxylic acids is 1. The van der Waals surface area contributed by atoms with Crippen molar-refractivity contribution in [1.82, 2.24) is 20.9 Å². The second-order valence-corrected chi connectivity index (χ2v) is 9.48. The molecule has 0 fully saturated rings. The van der Waals surface area contributed by atoms with E-state index >= 15 is 0 Å². The minimum Gasteiger partial charge on any atom is -0.480 e. The second-order valence-electron chi connectivity index (χ2n) is 9.48. The van der Waals surface area contributed by atoms with E-state index < -0.39 is 72.5 Å². The van der Waals surface area contributed by atoms with Crippen molar-refractivity contribution in [2.75, 3.05) is 6.54 Å². The lowest BCUT2D eigenvalue weighted by Gasteiger charge is -2.24. The van der Waals surface area contributed by atoms with Crippen molar-refractivity contribution in [2.24, 2.45) is 33.7 Å². The lowest BCUT2D eigenvalue weighted by molar-refractivity contribution is -0.142. The van der Waals surface area contributed by atoms with Crippen molar-refractivity contribution in [3.05, 3.63) is 36.0 Å². The summed E-state index contributed by atoms with van der Waals surface area (Å²) in [6, 6.07) is 1.49. The van der Waals surface area contributed by atoms with Crippen molar-refractivity contribution in [3.63, 3.8) is 0 Å². The monoisotopic (exact) mass is 588 g/mol. The molecule has 0 aliphatic rings. The van der Waals surface area contributed by atoms with Gasteiger partial charge in [-0.25, -0.2) is 4.79 Å². The molecule has 5 amide bonds. The maximum absolute atomic E-state index is 13.4. The topological polar surface area (TPSA) is 317 Å². The number of carboxylic acid groups (broad SMARTS) is 1. The van der Waals surface area contributed by atoms with Gasteiger partial charge in [0.1, 0.15) is 18.1 Å². The predicted molar refractivity (Wildman–Crippen MR) is 151 cm³/mol. The molecule has 1 aromatic heterocycles. The van der Waals surface area contributed by atoms with Crippen molar-refractivity contribution < 1.29 is 33.9 Å². The van der Waals surface area contributed by atoms with E-state index in [1.54, 1.807) is 30.5 Å². The molecule has 0 aliphatic heterocycles. The number of guanidine groups is 1. The fourth-order valence-corrected chi connectivity index (χ4v) is 4.03. The molecule has 1 heterocycles. The molecule has 17 heteroatoms. The third-order valence-electron chi connectivity index (χ3n) is 6.09. The Morgan fingerprint density at radius 2 is 1.43 bits per heavy atom. The Balaban J connectivity index is 2.27. The van der Waals surface area contributed by atoms with Crippen LogP contribution in [0.1, 0.15) is 31.2 Å². The number of primary amides is 2. The largest absolute Gasteiger partial charge is 0.480 e. The quantitative estimate of drug-likeness (QED) is 0.0491. The lowest BCUT2D eigenvalue weighted by atomic mass is 10.0. The van der Waals surface area contributed by atoms with Gasteiger partial charge in [0.2, 0.25) is 29.5 Å². The molecule has 0 saturated carbocycles. The van der Waals surface area contributed by atoms with Gasteiger partial charge in [0.05, 0.1) is 18.9 Å². The van der Waals surface area contributed by atoms with Crippen LogP contribution in [0.5, 0.6) is 0 Å². The van der Waals surface area contributed by atoms with Crippen LogP contribution in [0, 0.1) is 0 Å². The number of aromatic nitrogens is 1. The van der Waals surface area contributed by atoms with Gasteiger partial charge in [0.15, 0.2) is 5.96 Å². The number of nitrogens with zero attached hydrogens (tertiary/aromatic N) is 1. The number of carboxylic acids is 1. The number of aliphatic imine (C=N–C) groups is 1. The number of hydrogen-bond acceptors (Lipinski definition) is 8. The van der Waals surface area contributed by atoms with Crippen LogP contribution in [-0.2, 0) is 35.2 Å². The van der Waals surface area contributed by atoms with Gasteiger partial charge in [0.25, 0.3) is 0 Å². The summed E-state index contributed by atoms with van der Waals surface area (Å²) in [4.78, 5) is 80.6. The van der Waals surface area contributed by atoms with Crippen LogP contribution in [0.3, 0.4) is 0 Å². The molecule has 15 N–H and O–H groups in total. The van der Waals surface area contributed by atoms with Gasteiger partial charge in [-0.15, -0.1) is 0 Å². The van der Waals surface area contributed by atoms with Crippen LogP contribution in [-0.4, -0.2) is 82.3 Å². The molecule has 0 bridgehead atoms. The zero-order valence-corrected chi connectivity index (χ0v) is 22.7. The molecule has 1 aromatic carbocycles. The Kier molecular flexibility index (Phi) is 12.2. The first-order chi connectivity index (χ1) is 19.8. The highest BCUT2D eigenvalue weighted by atomic mass is 16.4. The SMILES string of the molecule is NC(=O)CC(N)C(=O)NC(Cc1c[nH]c2ccccc12)C(=O)NC(CC(N)=O)C(=O)NC(CCCN=C(N)N)C(=O)O. The van der Waals surface area contributed by atoms with E-state index in [0.717, 1.165) is 10.9 Å². The highest BCUT2D eigenvalue weighted by Crippen LogP contribution is 2.19. The zero-order valence-electron chi connectivity index (χ0n) is 22.7. The zero-order chi connectivity index (χ0) is 31.4. The minimum absolute atomic E-state index is 0.0634. The number of rotatable bonds is 17. The van der Waals surface area contributed by atoms with E-state index in [-0.39, 0.29) is 31.8 Å². The third-order valence-corrected chi connectivity index (χ3v) is 6.09. The molecule has 2 rings (SSSR count). The van der Waals surface area contributed by atoms with Crippen molar-refractivity contribution in [2.45, 2.75) is 56.3 Å². The number of H-pyrrole nitrogens is 1. The number of nitrogens with one attached hydrogen (secondary N) is 4. The number of para-hydroxylation sites is 1. The molecule has 228 valence electrons. The first kappa shape index (κ1) is 33.0. The summed E-state index contributed by atoms with van der Waals surface area (Å²) in [5.74, 6) is -6.11. The Hall–Kier alpha value is -5.19. The minimum atomic E-state index is -1.59. The Morgan fingerprint density at radius 1 is 0.833 bits per heavy atom. The molecule has 0 radical (unpaired) electrons. The summed E-state index contributed by atoms with van der Waals surface area (Å²) < 4.78 is 0. The number of carbonyl (C=O) groups excluding carboxylic acids is 5. The van der Waals surface area contributed by atoms with Gasteiger partial charge < -0.3 is 54.7 Å². The molecular formula is C25H36N10O7. The van der Waals surface area contributed by atoms with Gasteiger partial charge in [-0.2, -0.15) is 0 Å². The highest BCUT2D eigenvalue weighted by Gasteiger charge is 2.32. The van der Waals surface area contributed by atoms with Crippen molar-refractivity contribution in [1.29, 1.82) is 0 Å². The summed E-state index contributed by atoms with van der Waals surface area (Å²) in [7, 11) is 0. The van der Waals surface area contributed by atoms with Crippen LogP contribution in [0.4, 0.5) is 0 Å². The Bertz CT molecular complexity index is 1340. The standard InChI is InChI=1S/C25H36N10O7/c26-14(9-19(27)36)21(38)34-17(8-12-11-32-15-5-2-1-4-13(12)15)22(39)35-18(10-20(28)37)23(40)33-16(24(41)42)6-3-7-31-25(29)30/h1-2,4-5,11,14,16-18,32H,3,6-10,26H2,(H2,27,36)(H2,28,37)(H,33,40)(H,34,38)(H,35,39)(H,41,42)(H4,29,30,31). The average molecular weight is 589 g/mol. The van der Waals surface area contributed by atoms with Crippen LogP contribution in [0.25, 0.3) is 10.9 Å². The van der Waals surface area contributed by atoms with E-state index in [1.165, 1.54) is 0 Å². The van der Waals surface area contributed by atoms with E-state index in [1.807, 2.05) is 0 Å². The van der Waals surface area contributed by atoms with Crippen molar-refractivity contribution >= 4 is 52.4 Å². The van der Waals surface area contributed by atoms with E-state index in [4.69, 9.17) is 28.7 Å². The molecule has 0 aliphatic carbocycles. The van der Waals surface area contributed by atoms with Gasteiger partial charge in [-0.1, -0.05) is 18.2 Å². The molecule has 2 aromatic rings. The number of benzene rings is 1. The lowest BCUT2D eigenvalue weighted by Crippen LogP contribution is -2.58. The molecule has 0 spiro atoms. The van der Waals surface area contributed by atoms with E-state index in [2.05, 4.69) is 25.9 Å². The number of aromatic amines is 1. The molecule has 17 nitrogen and oxygen atoms in total. The molecule has 0 saturated heterocycles. The Morgan fingerprint density at radius 3 is 2.05 bits per heavy atom. The van der Waals surface area contributed by atoms with Gasteiger partial charge in [-0.3, -0.25) is 29.0 Å². The summed E-state index contributed by atoms with van der Waals surface area (Å²) in [6.45, 7) is 0.108. The second kappa shape index (κ2) is 15.6.